The van der Waals surface area contributed by atoms with Crippen LogP contribution in [-0.2, 0) is 19.5 Å². The van der Waals surface area contributed by atoms with Gasteiger partial charge in [-0.3, -0.25) is 0 Å². The summed E-state index contributed by atoms with van der Waals surface area (Å²) in [6, 6.07) is 13.6. The maximum atomic E-state index is 9.35. The molecule has 2 heterocycles. The monoisotopic (exact) mass is 388 g/mol. The Morgan fingerprint density at radius 1 is 0.640 bits per heavy atom. The minimum absolute atomic E-state index is 0. The summed E-state index contributed by atoms with van der Waals surface area (Å²) in [6.45, 7) is 0. The van der Waals surface area contributed by atoms with E-state index in [0.29, 0.717) is 22.9 Å². The third-order valence-corrected chi connectivity index (χ3v) is 2.99. The Kier molecular flexibility index (Phi) is 6.36. The first-order chi connectivity index (χ1) is 11.8. The van der Waals surface area contributed by atoms with E-state index < -0.39 is 0 Å². The van der Waals surface area contributed by atoms with Gasteiger partial charge in [-0.2, -0.15) is 0 Å². The van der Waals surface area contributed by atoms with Gasteiger partial charge in [0.2, 0.25) is 12.8 Å². The summed E-state index contributed by atoms with van der Waals surface area (Å²) in [4.78, 5) is 0. The van der Waals surface area contributed by atoms with Crippen molar-refractivity contribution in [3.63, 3.8) is 0 Å². The van der Waals surface area contributed by atoms with Gasteiger partial charge in [-0.1, -0.05) is 24.3 Å². The molecule has 0 aliphatic carbocycles. The normalized spacial score (nSPS) is 9.60. The van der Waals surface area contributed by atoms with Gasteiger partial charge in [-0.25, -0.2) is 0 Å². The minimum Gasteiger partial charge on any atom is -0.507 e. The van der Waals surface area contributed by atoms with Crippen molar-refractivity contribution < 1.29 is 38.5 Å². The smallest absolute Gasteiger partial charge is 0.251 e. The molecule has 0 amide bonds. The van der Waals surface area contributed by atoms with Gasteiger partial charge in [0, 0.05) is 19.5 Å². The number of nitrogens with zero attached hydrogens (tertiary/aromatic N) is 4. The van der Waals surface area contributed by atoms with E-state index in [-0.39, 0.29) is 31.0 Å². The Labute approximate surface area is 154 Å². The Morgan fingerprint density at radius 3 is 1.36 bits per heavy atom. The van der Waals surface area contributed by atoms with Crippen molar-refractivity contribution in [3.05, 3.63) is 61.3 Å². The summed E-state index contributed by atoms with van der Waals surface area (Å²) in [6.07, 6.45) is 2.45. The van der Waals surface area contributed by atoms with Crippen molar-refractivity contribution in [2.45, 2.75) is 0 Å². The van der Waals surface area contributed by atoms with Crippen LogP contribution >= 0.6 is 0 Å². The number of para-hydroxylation sites is 2. The summed E-state index contributed by atoms with van der Waals surface area (Å²) in [5.41, 5.74) is 1.10. The SMILES string of the molecule is Oc1ccccc1-c1nnco1.Oc1ccccc1-c1nnco1.[Zn]. The van der Waals surface area contributed by atoms with Crippen molar-refractivity contribution in [1.29, 1.82) is 0 Å². The molecule has 0 saturated carbocycles. The molecule has 2 N–H and O–H groups in total. The van der Waals surface area contributed by atoms with Crippen LogP contribution in [0.25, 0.3) is 22.9 Å². The maximum Gasteiger partial charge on any atom is 0.251 e. The predicted octanol–water partition coefficient (Wildman–Crippen LogP) is 2.88. The first-order valence-corrected chi connectivity index (χ1v) is 6.85. The number of phenols is 2. The summed E-state index contributed by atoms with van der Waals surface area (Å²) >= 11 is 0. The molecule has 0 spiro atoms. The van der Waals surface area contributed by atoms with Gasteiger partial charge in [0.25, 0.3) is 11.8 Å². The molecule has 4 aromatic rings. The molecule has 0 saturated heterocycles. The average molecular weight is 390 g/mol. The van der Waals surface area contributed by atoms with Crippen molar-refractivity contribution in [2.75, 3.05) is 0 Å². The van der Waals surface area contributed by atoms with Crippen LogP contribution in [0.3, 0.4) is 0 Å². The van der Waals surface area contributed by atoms with Crippen molar-refractivity contribution >= 4 is 0 Å². The van der Waals surface area contributed by atoms with Crippen LogP contribution in [0.4, 0.5) is 0 Å². The Hall–Kier alpha value is -3.06. The van der Waals surface area contributed by atoms with Crippen molar-refractivity contribution in [3.8, 4) is 34.4 Å². The number of rotatable bonds is 2. The molecule has 8 nitrogen and oxygen atoms in total. The topological polar surface area (TPSA) is 118 Å². The van der Waals surface area contributed by atoms with E-state index in [2.05, 4.69) is 20.4 Å². The van der Waals surface area contributed by atoms with Crippen LogP contribution in [0, 0.1) is 0 Å². The number of phenolic OH excluding ortho intramolecular Hbond substituents is 2. The van der Waals surface area contributed by atoms with Gasteiger partial charge in [0.05, 0.1) is 11.1 Å². The molecule has 0 atom stereocenters. The zero-order valence-electron chi connectivity index (χ0n) is 13.0. The summed E-state index contributed by atoms with van der Waals surface area (Å²) < 4.78 is 9.84. The van der Waals surface area contributed by atoms with E-state index in [4.69, 9.17) is 8.83 Å². The van der Waals surface area contributed by atoms with Crippen molar-refractivity contribution in [2.24, 2.45) is 0 Å². The number of hydrogen-bond donors (Lipinski definition) is 2. The van der Waals surface area contributed by atoms with Gasteiger partial charge in [-0.15, -0.1) is 20.4 Å². The predicted molar refractivity (Wildman–Crippen MR) is 82.8 cm³/mol. The number of aromatic nitrogens is 4. The van der Waals surface area contributed by atoms with Crippen LogP contribution in [-0.4, -0.2) is 30.6 Å². The zero-order valence-corrected chi connectivity index (χ0v) is 15.9. The summed E-state index contributed by atoms with van der Waals surface area (Å²) in [5.74, 6) is 0.935. The third kappa shape index (κ3) is 4.48. The van der Waals surface area contributed by atoms with Gasteiger partial charge in [0.1, 0.15) is 11.5 Å². The molecule has 0 unspecified atom stereocenters. The van der Waals surface area contributed by atoms with E-state index in [1.807, 2.05) is 0 Å². The van der Waals surface area contributed by atoms with Crippen LogP contribution in [0.1, 0.15) is 0 Å². The molecule has 9 heteroatoms. The van der Waals surface area contributed by atoms with Crippen LogP contribution in [0.5, 0.6) is 11.5 Å². The standard InChI is InChI=1S/2C8H6N2O2.Zn/c2*11-7-4-2-1-3-6(7)8-10-9-5-12-8;/h2*1-5,11H;. The van der Waals surface area contributed by atoms with Gasteiger partial charge in [-0.05, 0) is 24.3 Å². The molecule has 0 bridgehead atoms. The second kappa shape index (κ2) is 8.70. The first kappa shape index (κ1) is 18.3. The fraction of sp³-hybridized carbons (Fsp3) is 0. The fourth-order valence-corrected chi connectivity index (χ4v) is 1.89. The molecule has 0 fully saturated rings. The molecule has 2 aromatic carbocycles. The maximum absolute atomic E-state index is 9.35. The fourth-order valence-electron chi connectivity index (χ4n) is 1.89. The molecule has 0 aliphatic rings. The van der Waals surface area contributed by atoms with Gasteiger partial charge in [0.15, 0.2) is 0 Å². The quantitative estimate of drug-likeness (QED) is 0.502. The first-order valence-electron chi connectivity index (χ1n) is 6.85. The molecule has 2 aromatic heterocycles. The van der Waals surface area contributed by atoms with E-state index in [9.17, 15) is 10.2 Å². The average Bonchev–Trinajstić information content (AvgIpc) is 3.30. The van der Waals surface area contributed by atoms with Crippen LogP contribution < -0.4 is 0 Å². The molecule has 0 aliphatic heterocycles. The molecular weight excluding hydrogens is 378 g/mol. The van der Waals surface area contributed by atoms with Crippen molar-refractivity contribution in [1.82, 2.24) is 20.4 Å². The van der Waals surface area contributed by atoms with Gasteiger partial charge < -0.3 is 19.0 Å². The number of hydrogen-bond acceptors (Lipinski definition) is 8. The third-order valence-electron chi connectivity index (χ3n) is 2.99. The van der Waals surface area contributed by atoms with E-state index >= 15 is 0 Å². The van der Waals surface area contributed by atoms with E-state index in [1.54, 1.807) is 48.5 Å². The molecule has 4 rings (SSSR count). The molecule has 122 valence electrons. The number of aromatic hydroxyl groups is 2. The largest absolute Gasteiger partial charge is 0.507 e. The van der Waals surface area contributed by atoms with Crippen LogP contribution in [0.15, 0.2) is 70.2 Å². The molecule has 0 radical (unpaired) electrons. The van der Waals surface area contributed by atoms with E-state index in [0.717, 1.165) is 0 Å². The van der Waals surface area contributed by atoms with Gasteiger partial charge >= 0.3 is 0 Å². The van der Waals surface area contributed by atoms with E-state index in [1.165, 1.54) is 12.8 Å². The molecule has 25 heavy (non-hydrogen) atoms. The Balaban J connectivity index is 0.000000173. The zero-order chi connectivity index (χ0) is 16.8. The Morgan fingerprint density at radius 2 is 1.04 bits per heavy atom. The summed E-state index contributed by atoms with van der Waals surface area (Å²) in [7, 11) is 0. The molecular formula is C16H12N4O4Zn. The Bertz CT molecular complexity index is 822. The second-order valence-corrected chi connectivity index (χ2v) is 4.52. The van der Waals surface area contributed by atoms with Crippen LogP contribution in [0.2, 0.25) is 0 Å². The summed E-state index contributed by atoms with van der Waals surface area (Å²) in [5, 5.41) is 33.1. The minimum atomic E-state index is 0. The second-order valence-electron chi connectivity index (χ2n) is 4.52. The number of benzene rings is 2.